The van der Waals surface area contributed by atoms with E-state index < -0.39 is 0 Å². The number of nitrogens with one attached hydrogen (secondary N) is 1. The minimum atomic E-state index is -0.180. The lowest BCUT2D eigenvalue weighted by Gasteiger charge is -2.34. The molecule has 0 radical (unpaired) electrons. The summed E-state index contributed by atoms with van der Waals surface area (Å²) in [6, 6.07) is 0. The lowest BCUT2D eigenvalue weighted by atomic mass is 9.86. The van der Waals surface area contributed by atoms with Crippen LogP contribution in [0, 0.1) is 23.7 Å². The van der Waals surface area contributed by atoms with Crippen LogP contribution in [-0.2, 0) is 4.79 Å². The highest BCUT2D eigenvalue weighted by atomic mass is 127. The number of rotatable bonds is 6. The van der Waals surface area contributed by atoms with Gasteiger partial charge in [0.05, 0.1) is 0 Å². The van der Waals surface area contributed by atoms with E-state index in [2.05, 4.69) is 17.1 Å². The number of hydrogen-bond acceptors (Lipinski definition) is 2. The van der Waals surface area contributed by atoms with Crippen molar-refractivity contribution in [1.82, 2.24) is 10.2 Å². The first kappa shape index (κ1) is 20.8. The Labute approximate surface area is 169 Å². The second-order valence-electron chi connectivity index (χ2n) is 8.08. The van der Waals surface area contributed by atoms with Gasteiger partial charge < -0.3 is 16.0 Å². The fourth-order valence-corrected chi connectivity index (χ4v) is 5.20. The number of guanidine groups is 1. The molecule has 4 unspecified atom stereocenters. The molecule has 144 valence electrons. The Kier molecular flexibility index (Phi) is 8.29. The van der Waals surface area contributed by atoms with Gasteiger partial charge in [-0.25, -0.2) is 0 Å². The van der Waals surface area contributed by atoms with E-state index in [-0.39, 0.29) is 29.9 Å². The summed E-state index contributed by atoms with van der Waals surface area (Å²) >= 11 is 0. The zero-order valence-electron chi connectivity index (χ0n) is 15.6. The van der Waals surface area contributed by atoms with Gasteiger partial charge >= 0.3 is 0 Å². The van der Waals surface area contributed by atoms with Crippen molar-refractivity contribution in [3.05, 3.63) is 0 Å². The van der Waals surface area contributed by atoms with Crippen LogP contribution in [0.15, 0.2) is 4.99 Å². The third-order valence-electron chi connectivity index (χ3n) is 6.29. The molecule has 5 nitrogen and oxygen atoms in total. The maximum absolute atomic E-state index is 11.2. The number of likely N-dealkylation sites (tertiary alicyclic amines) is 1. The van der Waals surface area contributed by atoms with E-state index in [9.17, 15) is 4.79 Å². The highest BCUT2D eigenvalue weighted by Crippen LogP contribution is 2.49. The number of nitrogens with zero attached hydrogens (tertiary/aromatic N) is 2. The van der Waals surface area contributed by atoms with Gasteiger partial charge in [0.2, 0.25) is 5.91 Å². The lowest BCUT2D eigenvalue weighted by molar-refractivity contribution is -0.119. The van der Waals surface area contributed by atoms with Gasteiger partial charge in [0.25, 0.3) is 0 Å². The standard InChI is InChI=1S/C19H34N4O.HI/c1-2-21-19(23-9-3-4-15(13-23)12-18(20)24)22-8-7-17-11-14-5-6-16(17)10-14;/h14-17H,2-13H2,1H3,(H2,20,24)(H,21,22);1H. The summed E-state index contributed by atoms with van der Waals surface area (Å²) in [7, 11) is 0. The minimum Gasteiger partial charge on any atom is -0.370 e. The van der Waals surface area contributed by atoms with Crippen LogP contribution >= 0.6 is 24.0 Å². The molecule has 4 atom stereocenters. The minimum absolute atomic E-state index is 0. The molecule has 1 aliphatic heterocycles. The normalized spacial score (nSPS) is 31.7. The van der Waals surface area contributed by atoms with Crippen LogP contribution in [0.4, 0.5) is 0 Å². The second-order valence-corrected chi connectivity index (χ2v) is 8.08. The molecular formula is C19H35IN4O. The Hall–Kier alpha value is -0.530. The fraction of sp³-hybridized carbons (Fsp3) is 0.895. The Bertz CT molecular complexity index is 470. The van der Waals surface area contributed by atoms with E-state index in [1.54, 1.807) is 0 Å². The number of nitrogens with two attached hydrogens (primary N) is 1. The SMILES string of the molecule is CCNC(=NCCC1CC2CCC1C2)N1CCCC(CC(N)=O)C1.I. The Morgan fingerprint density at radius 3 is 2.76 bits per heavy atom. The third kappa shape index (κ3) is 5.73. The molecule has 3 aliphatic rings. The van der Waals surface area contributed by atoms with Crippen molar-refractivity contribution in [1.29, 1.82) is 0 Å². The van der Waals surface area contributed by atoms with Crippen molar-refractivity contribution < 1.29 is 4.79 Å². The van der Waals surface area contributed by atoms with Gasteiger partial charge in [0, 0.05) is 32.6 Å². The monoisotopic (exact) mass is 462 g/mol. The van der Waals surface area contributed by atoms with Gasteiger partial charge in [0.1, 0.15) is 0 Å². The number of halogens is 1. The van der Waals surface area contributed by atoms with Crippen molar-refractivity contribution in [2.24, 2.45) is 34.4 Å². The quantitative estimate of drug-likeness (QED) is 0.362. The third-order valence-corrected chi connectivity index (χ3v) is 6.29. The van der Waals surface area contributed by atoms with Gasteiger partial charge in [-0.15, -0.1) is 24.0 Å². The molecule has 3 rings (SSSR count). The fourth-order valence-electron chi connectivity index (χ4n) is 5.20. The maximum atomic E-state index is 11.2. The molecule has 0 aromatic carbocycles. The van der Waals surface area contributed by atoms with E-state index in [1.165, 1.54) is 32.1 Å². The maximum Gasteiger partial charge on any atom is 0.217 e. The number of hydrogen-bond donors (Lipinski definition) is 2. The molecule has 2 aliphatic carbocycles. The summed E-state index contributed by atoms with van der Waals surface area (Å²) in [5, 5.41) is 3.45. The highest BCUT2D eigenvalue weighted by Gasteiger charge is 2.38. The van der Waals surface area contributed by atoms with Crippen LogP contribution in [-0.4, -0.2) is 42.9 Å². The molecule has 1 amide bonds. The first-order chi connectivity index (χ1) is 11.7. The summed E-state index contributed by atoms with van der Waals surface area (Å²) in [6.07, 6.45) is 9.83. The molecule has 0 aromatic heterocycles. The van der Waals surface area contributed by atoms with Crippen molar-refractivity contribution in [2.75, 3.05) is 26.2 Å². The van der Waals surface area contributed by atoms with Crippen LogP contribution < -0.4 is 11.1 Å². The molecule has 3 fully saturated rings. The number of carbonyl (C=O) groups is 1. The van der Waals surface area contributed by atoms with Crippen LogP contribution in [0.1, 0.15) is 58.3 Å². The van der Waals surface area contributed by atoms with E-state index in [1.807, 2.05) is 0 Å². The average molecular weight is 462 g/mol. The number of amides is 1. The molecule has 2 saturated carbocycles. The highest BCUT2D eigenvalue weighted by molar-refractivity contribution is 14.0. The first-order valence-electron chi connectivity index (χ1n) is 9.97. The summed E-state index contributed by atoms with van der Waals surface area (Å²) in [5.41, 5.74) is 5.38. The molecule has 25 heavy (non-hydrogen) atoms. The molecular weight excluding hydrogens is 427 g/mol. The average Bonchev–Trinajstić information content (AvgIpc) is 3.16. The topological polar surface area (TPSA) is 70.7 Å². The molecule has 2 bridgehead atoms. The smallest absolute Gasteiger partial charge is 0.217 e. The molecule has 1 heterocycles. The van der Waals surface area contributed by atoms with Crippen molar-refractivity contribution >= 4 is 35.8 Å². The van der Waals surface area contributed by atoms with Crippen molar-refractivity contribution in [3.63, 3.8) is 0 Å². The Morgan fingerprint density at radius 1 is 1.28 bits per heavy atom. The second kappa shape index (κ2) is 9.97. The van der Waals surface area contributed by atoms with Gasteiger partial charge in [-0.2, -0.15) is 0 Å². The number of piperidine rings is 1. The largest absolute Gasteiger partial charge is 0.370 e. The number of carbonyl (C=O) groups excluding carboxylic acids is 1. The van der Waals surface area contributed by atoms with Crippen LogP contribution in [0.25, 0.3) is 0 Å². The van der Waals surface area contributed by atoms with Gasteiger partial charge in [0.15, 0.2) is 5.96 Å². The number of fused-ring (bicyclic) bond motifs is 2. The van der Waals surface area contributed by atoms with E-state index in [4.69, 9.17) is 10.7 Å². The van der Waals surface area contributed by atoms with Gasteiger partial charge in [-0.3, -0.25) is 9.79 Å². The lowest BCUT2D eigenvalue weighted by Crippen LogP contribution is -2.47. The summed E-state index contributed by atoms with van der Waals surface area (Å²) in [4.78, 5) is 18.5. The molecule has 1 saturated heterocycles. The molecule has 6 heteroatoms. The predicted octanol–water partition coefficient (Wildman–Crippen LogP) is 2.98. The molecule has 3 N–H and O–H groups in total. The summed E-state index contributed by atoms with van der Waals surface area (Å²) < 4.78 is 0. The predicted molar refractivity (Wildman–Crippen MR) is 113 cm³/mol. The number of primary amides is 1. The van der Waals surface area contributed by atoms with Crippen LogP contribution in [0.3, 0.4) is 0 Å². The molecule has 0 spiro atoms. The molecule has 0 aromatic rings. The van der Waals surface area contributed by atoms with Crippen molar-refractivity contribution in [2.45, 2.75) is 58.3 Å². The Morgan fingerprint density at radius 2 is 2.12 bits per heavy atom. The van der Waals surface area contributed by atoms with E-state index in [0.29, 0.717) is 12.3 Å². The zero-order valence-corrected chi connectivity index (χ0v) is 17.9. The summed E-state index contributed by atoms with van der Waals surface area (Å²) in [5.74, 6) is 4.16. The van der Waals surface area contributed by atoms with E-state index in [0.717, 1.165) is 62.7 Å². The zero-order chi connectivity index (χ0) is 16.9. The van der Waals surface area contributed by atoms with E-state index >= 15 is 0 Å². The Balaban J connectivity index is 0.00000225. The van der Waals surface area contributed by atoms with Crippen molar-refractivity contribution in [3.8, 4) is 0 Å². The van der Waals surface area contributed by atoms with Gasteiger partial charge in [-0.1, -0.05) is 6.42 Å². The first-order valence-corrected chi connectivity index (χ1v) is 9.97. The van der Waals surface area contributed by atoms with Crippen LogP contribution in [0.5, 0.6) is 0 Å². The summed E-state index contributed by atoms with van der Waals surface area (Å²) in [6.45, 7) is 5.89. The number of aliphatic imine (C=N–C) groups is 1. The van der Waals surface area contributed by atoms with Gasteiger partial charge in [-0.05, 0) is 69.1 Å². The van der Waals surface area contributed by atoms with Crippen LogP contribution in [0.2, 0.25) is 0 Å².